The summed E-state index contributed by atoms with van der Waals surface area (Å²) in [7, 11) is 0. The minimum atomic E-state index is -0.881. The lowest BCUT2D eigenvalue weighted by Gasteiger charge is -2.43. The molecule has 0 spiro atoms. The van der Waals surface area contributed by atoms with E-state index in [0.29, 0.717) is 11.6 Å². The maximum absolute atomic E-state index is 11.2. The monoisotopic (exact) mass is 392 g/mol. The van der Waals surface area contributed by atoms with E-state index in [1.54, 1.807) is 12.1 Å². The SMILES string of the molecule is CC(C)N1CCC(C)(C)c2ccc(N(CC3CC3)c3ccc(C(=O)O)cc3)cc21. The predicted molar refractivity (Wildman–Crippen MR) is 120 cm³/mol. The summed E-state index contributed by atoms with van der Waals surface area (Å²) in [4.78, 5) is 16.1. The zero-order valence-corrected chi connectivity index (χ0v) is 18.0. The largest absolute Gasteiger partial charge is 0.478 e. The van der Waals surface area contributed by atoms with Gasteiger partial charge in [0.1, 0.15) is 0 Å². The summed E-state index contributed by atoms with van der Waals surface area (Å²) < 4.78 is 0. The van der Waals surface area contributed by atoms with Gasteiger partial charge >= 0.3 is 5.97 Å². The van der Waals surface area contributed by atoms with Gasteiger partial charge in [-0.15, -0.1) is 0 Å². The highest BCUT2D eigenvalue weighted by Crippen LogP contribution is 2.44. The Balaban J connectivity index is 1.75. The van der Waals surface area contributed by atoms with Crippen molar-refractivity contribution in [1.82, 2.24) is 0 Å². The number of carboxylic acids is 1. The van der Waals surface area contributed by atoms with Gasteiger partial charge in [0.05, 0.1) is 5.56 Å². The van der Waals surface area contributed by atoms with Gasteiger partial charge in [-0.25, -0.2) is 4.79 Å². The minimum Gasteiger partial charge on any atom is -0.478 e. The van der Waals surface area contributed by atoms with E-state index >= 15 is 0 Å². The molecule has 0 aromatic heterocycles. The molecule has 4 nitrogen and oxygen atoms in total. The molecule has 2 aromatic rings. The minimum absolute atomic E-state index is 0.184. The van der Waals surface area contributed by atoms with Crippen LogP contribution in [0.15, 0.2) is 42.5 Å². The normalized spacial score (nSPS) is 17.9. The Morgan fingerprint density at radius 2 is 1.79 bits per heavy atom. The Morgan fingerprint density at radius 1 is 1.14 bits per heavy atom. The second-order valence-corrected chi connectivity index (χ2v) is 9.53. The number of rotatable bonds is 6. The third-order valence-electron chi connectivity index (χ3n) is 6.50. The Morgan fingerprint density at radius 3 is 2.38 bits per heavy atom. The van der Waals surface area contributed by atoms with Gasteiger partial charge in [0.2, 0.25) is 0 Å². The molecular formula is C25H32N2O2. The zero-order chi connectivity index (χ0) is 20.8. The van der Waals surface area contributed by atoms with Crippen LogP contribution in [0.4, 0.5) is 17.1 Å². The van der Waals surface area contributed by atoms with E-state index < -0.39 is 5.97 Å². The Kier molecular flexibility index (Phi) is 5.05. The average Bonchev–Trinajstić information content (AvgIpc) is 3.50. The highest BCUT2D eigenvalue weighted by Gasteiger charge is 2.33. The molecule has 2 aromatic carbocycles. The van der Waals surface area contributed by atoms with E-state index in [0.717, 1.165) is 24.7 Å². The fourth-order valence-corrected chi connectivity index (χ4v) is 4.39. The highest BCUT2D eigenvalue weighted by atomic mass is 16.4. The van der Waals surface area contributed by atoms with Gasteiger partial charge in [0.25, 0.3) is 0 Å². The predicted octanol–water partition coefficient (Wildman–Crippen LogP) is 5.83. The highest BCUT2D eigenvalue weighted by molar-refractivity contribution is 5.88. The first-order valence-corrected chi connectivity index (χ1v) is 10.8. The maximum atomic E-state index is 11.2. The summed E-state index contributed by atoms with van der Waals surface area (Å²) in [5.74, 6) is -0.156. The molecule has 29 heavy (non-hydrogen) atoms. The van der Waals surface area contributed by atoms with Crippen molar-refractivity contribution < 1.29 is 9.90 Å². The standard InChI is InChI=1S/C25H32N2O2/c1-17(2)26-14-13-25(3,4)22-12-11-21(15-23(22)26)27(16-18-5-6-18)20-9-7-19(8-10-20)24(28)29/h7-12,15,17-18H,5-6,13-14,16H2,1-4H3,(H,28,29). The third-order valence-corrected chi connectivity index (χ3v) is 6.50. The molecule has 4 heteroatoms. The first-order chi connectivity index (χ1) is 13.8. The lowest BCUT2D eigenvalue weighted by Crippen LogP contribution is -2.41. The molecule has 0 radical (unpaired) electrons. The number of benzene rings is 2. The maximum Gasteiger partial charge on any atom is 0.335 e. The van der Waals surface area contributed by atoms with Crippen LogP contribution >= 0.6 is 0 Å². The molecular weight excluding hydrogens is 360 g/mol. The molecule has 2 aliphatic rings. The van der Waals surface area contributed by atoms with Crippen molar-refractivity contribution in [2.45, 2.75) is 58.4 Å². The van der Waals surface area contributed by atoms with Crippen LogP contribution in [0.3, 0.4) is 0 Å². The summed E-state index contributed by atoms with van der Waals surface area (Å²) in [6, 6.07) is 14.7. The van der Waals surface area contributed by atoms with Gasteiger partial charge in [-0.2, -0.15) is 0 Å². The van der Waals surface area contributed by atoms with Crippen molar-refractivity contribution in [3.63, 3.8) is 0 Å². The molecule has 1 saturated carbocycles. The van der Waals surface area contributed by atoms with Crippen molar-refractivity contribution >= 4 is 23.0 Å². The summed E-state index contributed by atoms with van der Waals surface area (Å²) in [5, 5.41) is 9.23. The second-order valence-electron chi connectivity index (χ2n) is 9.53. The molecule has 1 heterocycles. The van der Waals surface area contributed by atoms with Crippen LogP contribution in [-0.4, -0.2) is 30.2 Å². The summed E-state index contributed by atoms with van der Waals surface area (Å²) >= 11 is 0. The van der Waals surface area contributed by atoms with Crippen LogP contribution in [0.5, 0.6) is 0 Å². The van der Waals surface area contributed by atoms with Crippen molar-refractivity contribution in [3.8, 4) is 0 Å². The average molecular weight is 393 g/mol. The second kappa shape index (κ2) is 7.40. The first-order valence-electron chi connectivity index (χ1n) is 10.8. The van der Waals surface area contributed by atoms with Crippen molar-refractivity contribution in [2.24, 2.45) is 5.92 Å². The van der Waals surface area contributed by atoms with Gasteiger partial charge in [0.15, 0.2) is 0 Å². The number of hydrogen-bond acceptors (Lipinski definition) is 3. The molecule has 1 fully saturated rings. The lowest BCUT2D eigenvalue weighted by atomic mass is 9.77. The number of nitrogens with zero attached hydrogens (tertiary/aromatic N) is 2. The van der Waals surface area contributed by atoms with Crippen molar-refractivity contribution in [3.05, 3.63) is 53.6 Å². The van der Waals surface area contributed by atoms with Gasteiger partial charge in [-0.3, -0.25) is 0 Å². The molecule has 0 amide bonds. The molecule has 1 aliphatic carbocycles. The molecule has 4 rings (SSSR count). The quantitative estimate of drug-likeness (QED) is 0.672. The number of carbonyl (C=O) groups is 1. The van der Waals surface area contributed by atoms with Crippen LogP contribution in [0, 0.1) is 5.92 Å². The Hall–Kier alpha value is -2.49. The molecule has 154 valence electrons. The molecule has 0 atom stereocenters. The van der Waals surface area contributed by atoms with E-state index in [9.17, 15) is 9.90 Å². The molecule has 0 saturated heterocycles. The number of aromatic carboxylic acids is 1. The number of anilines is 3. The summed E-state index contributed by atoms with van der Waals surface area (Å²) in [6.07, 6.45) is 3.72. The fraction of sp³-hybridized carbons (Fsp3) is 0.480. The fourth-order valence-electron chi connectivity index (χ4n) is 4.39. The molecule has 1 aliphatic heterocycles. The molecule has 0 unspecified atom stereocenters. The topological polar surface area (TPSA) is 43.8 Å². The Bertz CT molecular complexity index is 898. The van der Waals surface area contributed by atoms with Crippen LogP contribution in [0.1, 0.15) is 62.9 Å². The van der Waals surface area contributed by atoms with Gasteiger partial charge in [-0.1, -0.05) is 19.9 Å². The summed E-state index contributed by atoms with van der Waals surface area (Å²) in [6.45, 7) is 11.3. The van der Waals surface area contributed by atoms with Crippen molar-refractivity contribution in [1.29, 1.82) is 0 Å². The van der Waals surface area contributed by atoms with E-state index in [1.807, 2.05) is 12.1 Å². The summed E-state index contributed by atoms with van der Waals surface area (Å²) in [5.41, 5.74) is 5.54. The van der Waals surface area contributed by atoms with E-state index in [1.165, 1.54) is 36.2 Å². The van der Waals surface area contributed by atoms with Gasteiger partial charge in [0, 0.05) is 36.2 Å². The number of hydrogen-bond donors (Lipinski definition) is 1. The van der Waals surface area contributed by atoms with Crippen molar-refractivity contribution in [2.75, 3.05) is 22.9 Å². The van der Waals surface area contributed by atoms with E-state index in [2.05, 4.69) is 55.7 Å². The first kappa shape index (κ1) is 19.8. The Labute approximate surface area is 174 Å². The van der Waals surface area contributed by atoms with E-state index in [4.69, 9.17) is 0 Å². The lowest BCUT2D eigenvalue weighted by molar-refractivity contribution is 0.0697. The van der Waals surface area contributed by atoms with E-state index in [-0.39, 0.29) is 5.41 Å². The van der Waals surface area contributed by atoms with Gasteiger partial charge in [-0.05, 0) is 86.4 Å². The van der Waals surface area contributed by atoms with Crippen LogP contribution in [0.2, 0.25) is 0 Å². The molecule has 1 N–H and O–H groups in total. The molecule has 0 bridgehead atoms. The number of carboxylic acid groups (broad SMARTS) is 1. The van der Waals surface area contributed by atoms with Crippen LogP contribution in [-0.2, 0) is 5.41 Å². The smallest absolute Gasteiger partial charge is 0.335 e. The van der Waals surface area contributed by atoms with Gasteiger partial charge < -0.3 is 14.9 Å². The van der Waals surface area contributed by atoms with Crippen LogP contribution < -0.4 is 9.80 Å². The zero-order valence-electron chi connectivity index (χ0n) is 18.0. The number of fused-ring (bicyclic) bond motifs is 1. The van der Waals surface area contributed by atoms with Crippen LogP contribution in [0.25, 0.3) is 0 Å². The third kappa shape index (κ3) is 3.98.